The summed E-state index contributed by atoms with van der Waals surface area (Å²) >= 11 is 5.11. The number of hydrogen-bond donors (Lipinski definition) is 1. The summed E-state index contributed by atoms with van der Waals surface area (Å²) in [5.74, 6) is -6.00. The van der Waals surface area contributed by atoms with Crippen molar-refractivity contribution < 1.29 is 17.6 Å². The van der Waals surface area contributed by atoms with E-state index in [2.05, 4.69) is 0 Å². The minimum atomic E-state index is -1.56. The molecular weight excluding hydrogens is 246 g/mol. The lowest BCUT2D eigenvalue weighted by Crippen LogP contribution is -2.24. The van der Waals surface area contributed by atoms with Crippen molar-refractivity contribution >= 4 is 11.6 Å². The zero-order valence-electron chi connectivity index (χ0n) is 8.09. The highest BCUT2D eigenvalue weighted by Crippen LogP contribution is 2.50. The first-order valence-electron chi connectivity index (χ1n) is 4.66. The van der Waals surface area contributed by atoms with Gasteiger partial charge < -0.3 is 5.73 Å². The second-order valence-electron chi connectivity index (χ2n) is 3.93. The Labute approximate surface area is 94.2 Å². The van der Waals surface area contributed by atoms with Crippen LogP contribution < -0.4 is 5.73 Å². The molecule has 0 spiro atoms. The topological polar surface area (TPSA) is 26.0 Å². The first-order chi connectivity index (χ1) is 7.44. The summed E-state index contributed by atoms with van der Waals surface area (Å²) in [5, 5.41) is -1.16. The summed E-state index contributed by atoms with van der Waals surface area (Å²) in [6.45, 7) is -0.0542. The summed E-state index contributed by atoms with van der Waals surface area (Å²) in [6.07, 6.45) is 0.829. The van der Waals surface area contributed by atoms with E-state index >= 15 is 0 Å². The van der Waals surface area contributed by atoms with Gasteiger partial charge in [0.25, 0.3) is 0 Å². The molecule has 1 aliphatic carbocycles. The third kappa shape index (κ3) is 1.42. The number of benzene rings is 1. The molecule has 1 aromatic carbocycles. The van der Waals surface area contributed by atoms with E-state index in [1.54, 1.807) is 0 Å². The van der Waals surface area contributed by atoms with Crippen molar-refractivity contribution in [1.29, 1.82) is 0 Å². The maximum absolute atomic E-state index is 13.5. The van der Waals surface area contributed by atoms with Gasteiger partial charge in [0.2, 0.25) is 0 Å². The molecule has 6 heteroatoms. The second kappa shape index (κ2) is 3.60. The van der Waals surface area contributed by atoms with E-state index in [-0.39, 0.29) is 6.54 Å². The van der Waals surface area contributed by atoms with E-state index < -0.39 is 39.3 Å². The van der Waals surface area contributed by atoms with Gasteiger partial charge in [-0.1, -0.05) is 11.6 Å². The fraction of sp³-hybridized carbons (Fsp3) is 0.400. The van der Waals surface area contributed by atoms with E-state index in [0.29, 0.717) is 12.8 Å². The van der Waals surface area contributed by atoms with Gasteiger partial charge in [0.1, 0.15) is 5.02 Å². The molecule has 0 bridgehead atoms. The molecule has 16 heavy (non-hydrogen) atoms. The highest BCUT2D eigenvalue weighted by atomic mass is 35.5. The second-order valence-corrected chi connectivity index (χ2v) is 4.31. The minimum Gasteiger partial charge on any atom is -0.330 e. The Balaban J connectivity index is 2.71. The van der Waals surface area contributed by atoms with Gasteiger partial charge in [-0.05, 0) is 12.8 Å². The fourth-order valence-corrected chi connectivity index (χ4v) is 1.94. The third-order valence-corrected chi connectivity index (χ3v) is 3.32. The number of nitrogens with two attached hydrogens (primary N) is 1. The quantitative estimate of drug-likeness (QED) is 0.490. The van der Waals surface area contributed by atoms with Gasteiger partial charge in [0.15, 0.2) is 23.3 Å². The molecule has 0 saturated heterocycles. The largest absolute Gasteiger partial charge is 0.330 e. The van der Waals surface area contributed by atoms with Crippen molar-refractivity contribution in [3.8, 4) is 0 Å². The smallest absolute Gasteiger partial charge is 0.180 e. The molecular formula is C10H8ClF4N. The number of rotatable bonds is 2. The van der Waals surface area contributed by atoms with Gasteiger partial charge in [-0.3, -0.25) is 0 Å². The van der Waals surface area contributed by atoms with Crippen molar-refractivity contribution in [3.63, 3.8) is 0 Å². The zero-order valence-corrected chi connectivity index (χ0v) is 8.84. The highest BCUT2D eigenvalue weighted by molar-refractivity contribution is 6.30. The van der Waals surface area contributed by atoms with Crippen LogP contribution in [-0.2, 0) is 5.41 Å². The van der Waals surface area contributed by atoms with E-state index in [4.69, 9.17) is 17.3 Å². The van der Waals surface area contributed by atoms with Crippen LogP contribution in [0.3, 0.4) is 0 Å². The molecule has 1 aliphatic rings. The Hall–Kier alpha value is -0.810. The van der Waals surface area contributed by atoms with Crippen LogP contribution in [0.5, 0.6) is 0 Å². The van der Waals surface area contributed by atoms with Crippen LogP contribution in [0, 0.1) is 23.3 Å². The predicted molar refractivity (Wildman–Crippen MR) is 51.3 cm³/mol. The van der Waals surface area contributed by atoms with Crippen molar-refractivity contribution in [3.05, 3.63) is 33.9 Å². The van der Waals surface area contributed by atoms with Crippen LogP contribution in [0.4, 0.5) is 17.6 Å². The standard InChI is InChI=1S/C10H8ClF4N/c11-5-8(14)6(12)4(7(13)9(5)15)10(3-16)1-2-10/h1-3,16H2. The minimum absolute atomic E-state index is 0.0542. The highest BCUT2D eigenvalue weighted by Gasteiger charge is 2.48. The van der Waals surface area contributed by atoms with E-state index in [1.165, 1.54) is 0 Å². The first-order valence-corrected chi connectivity index (χ1v) is 5.04. The fourth-order valence-electron chi connectivity index (χ4n) is 1.78. The molecule has 1 fully saturated rings. The van der Waals surface area contributed by atoms with Crippen LogP contribution in [0.25, 0.3) is 0 Å². The molecule has 0 heterocycles. The predicted octanol–water partition coefficient (Wildman–Crippen LogP) is 2.89. The molecule has 2 N–H and O–H groups in total. The first kappa shape index (κ1) is 11.7. The SMILES string of the molecule is NCC1(c2c(F)c(F)c(Cl)c(F)c2F)CC1. The van der Waals surface area contributed by atoms with Gasteiger partial charge in [-0.15, -0.1) is 0 Å². The molecule has 2 rings (SSSR count). The average Bonchev–Trinajstić information content (AvgIpc) is 3.05. The number of hydrogen-bond acceptors (Lipinski definition) is 1. The Morgan fingerprint density at radius 3 is 1.75 bits per heavy atom. The van der Waals surface area contributed by atoms with Crippen LogP contribution in [0.1, 0.15) is 18.4 Å². The van der Waals surface area contributed by atoms with Crippen LogP contribution in [0.2, 0.25) is 5.02 Å². The monoisotopic (exact) mass is 253 g/mol. The summed E-state index contributed by atoms with van der Waals surface area (Å²) in [5.41, 5.74) is 3.78. The van der Waals surface area contributed by atoms with E-state index in [1.807, 2.05) is 0 Å². The molecule has 88 valence electrons. The summed E-state index contributed by atoms with van der Waals surface area (Å²) in [7, 11) is 0. The van der Waals surface area contributed by atoms with Gasteiger partial charge in [0.05, 0.1) is 0 Å². The molecule has 0 atom stereocenters. The summed E-state index contributed by atoms with van der Waals surface area (Å²) in [6, 6.07) is 0. The Morgan fingerprint density at radius 2 is 1.44 bits per heavy atom. The lowest BCUT2D eigenvalue weighted by molar-refractivity contribution is 0.423. The molecule has 1 nitrogen and oxygen atoms in total. The van der Waals surface area contributed by atoms with Crippen molar-refractivity contribution in [2.24, 2.45) is 5.73 Å². The van der Waals surface area contributed by atoms with E-state index in [9.17, 15) is 17.6 Å². The maximum atomic E-state index is 13.5. The summed E-state index contributed by atoms with van der Waals surface area (Å²) in [4.78, 5) is 0. The van der Waals surface area contributed by atoms with Crippen LogP contribution in [0.15, 0.2) is 0 Å². The lowest BCUT2D eigenvalue weighted by atomic mass is 9.94. The van der Waals surface area contributed by atoms with Gasteiger partial charge in [-0.25, -0.2) is 17.6 Å². The lowest BCUT2D eigenvalue weighted by Gasteiger charge is -2.16. The molecule has 0 aliphatic heterocycles. The van der Waals surface area contributed by atoms with Gasteiger partial charge in [-0.2, -0.15) is 0 Å². The van der Waals surface area contributed by atoms with Crippen molar-refractivity contribution in [2.45, 2.75) is 18.3 Å². The van der Waals surface area contributed by atoms with Crippen molar-refractivity contribution in [1.82, 2.24) is 0 Å². The molecule has 0 amide bonds. The number of halogens is 5. The zero-order chi connectivity index (χ0) is 12.1. The molecule has 0 unspecified atom stereocenters. The van der Waals surface area contributed by atoms with Crippen molar-refractivity contribution in [2.75, 3.05) is 6.54 Å². The molecule has 0 radical (unpaired) electrons. The average molecular weight is 254 g/mol. The molecule has 1 saturated carbocycles. The molecule has 1 aromatic rings. The Morgan fingerprint density at radius 1 is 1.00 bits per heavy atom. The molecule has 0 aromatic heterocycles. The maximum Gasteiger partial charge on any atom is 0.180 e. The Bertz CT molecular complexity index is 428. The van der Waals surface area contributed by atoms with Gasteiger partial charge >= 0.3 is 0 Å². The Kier molecular flexibility index (Phi) is 2.62. The third-order valence-electron chi connectivity index (χ3n) is 2.98. The van der Waals surface area contributed by atoms with Crippen LogP contribution >= 0.6 is 11.6 Å². The van der Waals surface area contributed by atoms with Gasteiger partial charge in [0, 0.05) is 17.5 Å². The summed E-state index contributed by atoms with van der Waals surface area (Å²) < 4.78 is 53.4. The van der Waals surface area contributed by atoms with E-state index in [0.717, 1.165) is 0 Å². The normalized spacial score (nSPS) is 17.6. The van der Waals surface area contributed by atoms with Crippen LogP contribution in [-0.4, -0.2) is 6.54 Å².